The van der Waals surface area contributed by atoms with Crippen molar-refractivity contribution in [3.05, 3.63) is 58.1 Å². The number of anilines is 2. The van der Waals surface area contributed by atoms with Gasteiger partial charge in [0.15, 0.2) is 6.61 Å². The second kappa shape index (κ2) is 9.94. The number of rotatable bonds is 7. The molecule has 8 heteroatoms. The summed E-state index contributed by atoms with van der Waals surface area (Å²) < 4.78 is 4.88. The third-order valence-corrected chi connectivity index (χ3v) is 4.11. The highest BCUT2D eigenvalue weighted by atomic mass is 35.5. The van der Waals surface area contributed by atoms with Crippen molar-refractivity contribution < 1.29 is 19.1 Å². The Labute approximate surface area is 166 Å². The maximum Gasteiger partial charge on any atom is 0.306 e. The summed E-state index contributed by atoms with van der Waals surface area (Å²) in [6.07, 6.45) is -0.237. The molecule has 2 amide bonds. The highest BCUT2D eigenvalue weighted by molar-refractivity contribution is 6.33. The summed E-state index contributed by atoms with van der Waals surface area (Å²) in [7, 11) is 0. The van der Waals surface area contributed by atoms with Gasteiger partial charge in [-0.2, -0.15) is 0 Å². The molecule has 0 unspecified atom stereocenters. The predicted molar refractivity (Wildman–Crippen MR) is 105 cm³/mol. The van der Waals surface area contributed by atoms with Crippen molar-refractivity contribution in [2.75, 3.05) is 17.2 Å². The molecule has 0 saturated heterocycles. The van der Waals surface area contributed by atoms with Gasteiger partial charge < -0.3 is 15.4 Å². The van der Waals surface area contributed by atoms with Gasteiger partial charge in [0, 0.05) is 17.1 Å². The van der Waals surface area contributed by atoms with E-state index in [1.165, 1.54) is 0 Å². The Bertz CT molecular complexity index is 855. The van der Waals surface area contributed by atoms with Crippen molar-refractivity contribution in [2.45, 2.75) is 19.8 Å². The summed E-state index contributed by atoms with van der Waals surface area (Å²) in [4.78, 5) is 35.4. The lowest BCUT2D eigenvalue weighted by molar-refractivity contribution is -0.147. The predicted octanol–water partition coefficient (Wildman–Crippen LogP) is 4.20. The highest BCUT2D eigenvalue weighted by Crippen LogP contribution is 2.21. The van der Waals surface area contributed by atoms with Crippen LogP contribution >= 0.6 is 23.2 Å². The quantitative estimate of drug-likeness (QED) is 0.672. The molecule has 0 aliphatic rings. The molecule has 0 aliphatic carbocycles. The Hall–Kier alpha value is -2.57. The molecule has 2 aromatic rings. The van der Waals surface area contributed by atoms with E-state index in [1.807, 2.05) is 6.92 Å². The Morgan fingerprint density at radius 3 is 2.37 bits per heavy atom. The molecule has 0 spiro atoms. The second-order valence-corrected chi connectivity index (χ2v) is 6.54. The van der Waals surface area contributed by atoms with Crippen molar-refractivity contribution >= 4 is 52.4 Å². The van der Waals surface area contributed by atoms with Gasteiger partial charge >= 0.3 is 5.97 Å². The number of para-hydroxylation sites is 1. The van der Waals surface area contributed by atoms with Crippen LogP contribution < -0.4 is 10.6 Å². The van der Waals surface area contributed by atoms with Gasteiger partial charge in [0.25, 0.3) is 5.91 Å². The molecule has 0 bridgehead atoms. The van der Waals surface area contributed by atoms with Crippen molar-refractivity contribution in [2.24, 2.45) is 0 Å². The molecule has 0 fully saturated rings. The van der Waals surface area contributed by atoms with Crippen LogP contribution in [0.1, 0.15) is 18.4 Å². The lowest BCUT2D eigenvalue weighted by atomic mass is 10.2. The van der Waals surface area contributed by atoms with Gasteiger partial charge in [-0.25, -0.2) is 0 Å². The number of esters is 1. The Kier molecular flexibility index (Phi) is 7.64. The van der Waals surface area contributed by atoms with Crippen LogP contribution in [0.25, 0.3) is 0 Å². The summed E-state index contributed by atoms with van der Waals surface area (Å²) in [5, 5.41) is 6.11. The maximum absolute atomic E-state index is 11.9. The first-order valence-electron chi connectivity index (χ1n) is 8.11. The topological polar surface area (TPSA) is 84.5 Å². The molecule has 0 radical (unpaired) electrons. The molecular formula is C19H18Cl2N2O4. The zero-order valence-corrected chi connectivity index (χ0v) is 16.1. The second-order valence-electron chi connectivity index (χ2n) is 5.70. The zero-order valence-electron chi connectivity index (χ0n) is 14.6. The van der Waals surface area contributed by atoms with Crippen LogP contribution in [0.4, 0.5) is 11.4 Å². The van der Waals surface area contributed by atoms with Gasteiger partial charge in [0.1, 0.15) is 0 Å². The summed E-state index contributed by atoms with van der Waals surface area (Å²) in [5.41, 5.74) is 1.84. The van der Waals surface area contributed by atoms with Crippen LogP contribution in [0.3, 0.4) is 0 Å². The normalized spacial score (nSPS) is 10.2. The Morgan fingerprint density at radius 2 is 1.63 bits per heavy atom. The monoisotopic (exact) mass is 408 g/mol. The number of carbonyl (C=O) groups is 3. The molecule has 2 N–H and O–H groups in total. The van der Waals surface area contributed by atoms with Crippen LogP contribution in [-0.4, -0.2) is 24.4 Å². The number of carbonyl (C=O) groups excluding carboxylic acids is 3. The molecule has 0 saturated carbocycles. The van der Waals surface area contributed by atoms with Gasteiger partial charge in [-0.3, -0.25) is 14.4 Å². The number of amides is 2. The van der Waals surface area contributed by atoms with Crippen LogP contribution in [0.15, 0.2) is 42.5 Å². The van der Waals surface area contributed by atoms with Crippen molar-refractivity contribution in [3.8, 4) is 0 Å². The van der Waals surface area contributed by atoms with Crippen LogP contribution in [-0.2, 0) is 19.1 Å². The Balaban J connectivity index is 1.72. The van der Waals surface area contributed by atoms with E-state index >= 15 is 0 Å². The van der Waals surface area contributed by atoms with E-state index in [0.717, 1.165) is 5.56 Å². The fraction of sp³-hybridized carbons (Fsp3) is 0.211. The minimum atomic E-state index is -0.651. The van der Waals surface area contributed by atoms with Gasteiger partial charge in [-0.05, 0) is 36.8 Å². The number of hydrogen-bond acceptors (Lipinski definition) is 4. The highest BCUT2D eigenvalue weighted by Gasteiger charge is 2.12. The fourth-order valence-corrected chi connectivity index (χ4v) is 2.48. The minimum absolute atomic E-state index is 0.0842. The van der Waals surface area contributed by atoms with Gasteiger partial charge in [0.05, 0.1) is 17.1 Å². The summed E-state index contributed by atoms with van der Waals surface area (Å²) in [6, 6.07) is 11.9. The first-order valence-corrected chi connectivity index (χ1v) is 8.87. The third-order valence-electron chi connectivity index (χ3n) is 3.54. The molecule has 2 rings (SSSR count). The van der Waals surface area contributed by atoms with E-state index in [-0.39, 0.29) is 18.7 Å². The number of hydrogen-bond donors (Lipinski definition) is 2. The lowest BCUT2D eigenvalue weighted by Crippen LogP contribution is -2.22. The van der Waals surface area contributed by atoms with Crippen LogP contribution in [0.2, 0.25) is 10.0 Å². The molecule has 0 atom stereocenters. The molecule has 2 aromatic carbocycles. The molecule has 0 aromatic heterocycles. The van der Waals surface area contributed by atoms with Gasteiger partial charge in [-0.1, -0.05) is 41.4 Å². The molecule has 142 valence electrons. The number of ether oxygens (including phenoxy) is 1. The fourth-order valence-electron chi connectivity index (χ4n) is 2.12. The van der Waals surface area contributed by atoms with E-state index in [0.29, 0.717) is 21.4 Å². The standard InChI is InChI=1S/C19H18Cl2N2O4/c1-12-6-7-13(20)10-16(12)23-18(25)11-27-19(26)9-8-17(24)22-15-5-3-2-4-14(15)21/h2-7,10H,8-9,11H2,1H3,(H,22,24)(H,23,25). The number of aryl methyl sites for hydroxylation is 1. The summed E-state index contributed by atoms with van der Waals surface area (Å²) in [6.45, 7) is 1.37. The van der Waals surface area contributed by atoms with E-state index in [4.69, 9.17) is 27.9 Å². The SMILES string of the molecule is Cc1ccc(Cl)cc1NC(=O)COC(=O)CCC(=O)Nc1ccccc1Cl. The average molecular weight is 409 g/mol. The minimum Gasteiger partial charge on any atom is -0.456 e. The number of halogens is 2. The van der Waals surface area contributed by atoms with E-state index < -0.39 is 18.5 Å². The number of benzene rings is 2. The molecule has 0 heterocycles. The molecular weight excluding hydrogens is 391 g/mol. The number of nitrogens with one attached hydrogen (secondary N) is 2. The van der Waals surface area contributed by atoms with E-state index in [9.17, 15) is 14.4 Å². The lowest BCUT2D eigenvalue weighted by Gasteiger charge is -2.09. The summed E-state index contributed by atoms with van der Waals surface area (Å²) >= 11 is 11.8. The molecule has 6 nitrogen and oxygen atoms in total. The summed E-state index contributed by atoms with van der Waals surface area (Å²) in [5.74, 6) is -1.52. The molecule has 27 heavy (non-hydrogen) atoms. The average Bonchev–Trinajstić information content (AvgIpc) is 2.63. The van der Waals surface area contributed by atoms with Crippen LogP contribution in [0.5, 0.6) is 0 Å². The zero-order chi connectivity index (χ0) is 19.8. The maximum atomic E-state index is 11.9. The van der Waals surface area contributed by atoms with Gasteiger partial charge in [-0.15, -0.1) is 0 Å². The van der Waals surface area contributed by atoms with Crippen molar-refractivity contribution in [3.63, 3.8) is 0 Å². The smallest absolute Gasteiger partial charge is 0.306 e. The molecule has 0 aliphatic heterocycles. The first-order chi connectivity index (χ1) is 12.8. The van der Waals surface area contributed by atoms with Crippen molar-refractivity contribution in [1.82, 2.24) is 0 Å². The Morgan fingerprint density at radius 1 is 0.926 bits per heavy atom. The van der Waals surface area contributed by atoms with E-state index in [2.05, 4.69) is 10.6 Å². The van der Waals surface area contributed by atoms with Crippen LogP contribution in [0, 0.1) is 6.92 Å². The van der Waals surface area contributed by atoms with Gasteiger partial charge in [0.2, 0.25) is 5.91 Å². The van der Waals surface area contributed by atoms with E-state index in [1.54, 1.807) is 42.5 Å². The van der Waals surface area contributed by atoms with Crippen molar-refractivity contribution in [1.29, 1.82) is 0 Å². The largest absolute Gasteiger partial charge is 0.456 e. The first kappa shape index (κ1) is 20.7. The third kappa shape index (κ3) is 6.92.